The zero-order valence-electron chi connectivity index (χ0n) is 17.5. The molecule has 0 unspecified atom stereocenters. The lowest BCUT2D eigenvalue weighted by Gasteiger charge is -2.29. The van der Waals surface area contributed by atoms with Crippen molar-refractivity contribution in [1.82, 2.24) is 14.3 Å². The molecule has 0 saturated carbocycles. The molecule has 1 aromatic carbocycles. The Bertz CT molecular complexity index is 1140. The van der Waals surface area contributed by atoms with Gasteiger partial charge in [0.15, 0.2) is 0 Å². The molecule has 2 aromatic heterocycles. The number of hydrogen-bond acceptors (Lipinski definition) is 4. The molecule has 0 aliphatic carbocycles. The van der Waals surface area contributed by atoms with Gasteiger partial charge < -0.3 is 4.74 Å². The predicted molar refractivity (Wildman–Crippen MR) is 117 cm³/mol. The van der Waals surface area contributed by atoms with Crippen LogP contribution in [-0.4, -0.2) is 40.5 Å². The van der Waals surface area contributed by atoms with Gasteiger partial charge in [0.25, 0.3) is 5.56 Å². The standard InChI is InChI=1S/C24H27N3O2/c1-16(2)26-11-9-18(10-12-26)20-6-8-23-25-21(14-24(28)27(23)15-20)19-5-7-22(29-4)17(3)13-19/h5-9,13-16H,10-12H2,1-4H3. The van der Waals surface area contributed by atoms with Crippen LogP contribution < -0.4 is 10.3 Å². The smallest absolute Gasteiger partial charge is 0.258 e. The summed E-state index contributed by atoms with van der Waals surface area (Å²) in [5.74, 6) is 0.827. The molecule has 150 valence electrons. The van der Waals surface area contributed by atoms with Crippen LogP contribution in [0.1, 0.15) is 31.4 Å². The van der Waals surface area contributed by atoms with Gasteiger partial charge in [-0.2, -0.15) is 0 Å². The zero-order valence-corrected chi connectivity index (χ0v) is 17.5. The first-order chi connectivity index (χ1) is 14.0. The van der Waals surface area contributed by atoms with Gasteiger partial charge in [-0.05, 0) is 74.2 Å². The molecular weight excluding hydrogens is 362 g/mol. The predicted octanol–water partition coefficient (Wildman–Crippen LogP) is 4.18. The number of rotatable bonds is 4. The van der Waals surface area contributed by atoms with Gasteiger partial charge in [-0.25, -0.2) is 4.98 Å². The highest BCUT2D eigenvalue weighted by molar-refractivity contribution is 5.68. The number of aryl methyl sites for hydroxylation is 1. The third-order valence-electron chi connectivity index (χ3n) is 5.69. The molecule has 0 saturated heterocycles. The minimum Gasteiger partial charge on any atom is -0.496 e. The Morgan fingerprint density at radius 2 is 1.90 bits per heavy atom. The summed E-state index contributed by atoms with van der Waals surface area (Å²) in [6, 6.07) is 12.0. The Hall–Kier alpha value is -2.92. The van der Waals surface area contributed by atoms with Crippen molar-refractivity contribution in [3.05, 3.63) is 70.2 Å². The maximum atomic E-state index is 12.8. The highest BCUT2D eigenvalue weighted by atomic mass is 16.5. The molecule has 29 heavy (non-hydrogen) atoms. The van der Waals surface area contributed by atoms with Crippen molar-refractivity contribution in [2.75, 3.05) is 20.2 Å². The first-order valence-corrected chi connectivity index (χ1v) is 10.1. The second-order valence-corrected chi connectivity index (χ2v) is 7.88. The molecule has 0 N–H and O–H groups in total. The van der Waals surface area contributed by atoms with Crippen molar-refractivity contribution >= 4 is 11.2 Å². The van der Waals surface area contributed by atoms with Crippen molar-refractivity contribution in [3.8, 4) is 17.0 Å². The first-order valence-electron chi connectivity index (χ1n) is 10.1. The van der Waals surface area contributed by atoms with E-state index in [1.807, 2.05) is 37.4 Å². The van der Waals surface area contributed by atoms with Gasteiger partial charge >= 0.3 is 0 Å². The normalized spacial score (nSPS) is 15.0. The van der Waals surface area contributed by atoms with Crippen LogP contribution >= 0.6 is 0 Å². The van der Waals surface area contributed by atoms with E-state index in [-0.39, 0.29) is 5.56 Å². The van der Waals surface area contributed by atoms with Gasteiger partial charge in [0, 0.05) is 37.0 Å². The number of methoxy groups -OCH3 is 1. The number of ether oxygens (including phenoxy) is 1. The number of fused-ring (bicyclic) bond motifs is 1. The molecule has 5 nitrogen and oxygen atoms in total. The van der Waals surface area contributed by atoms with Crippen molar-refractivity contribution < 1.29 is 4.74 Å². The maximum Gasteiger partial charge on any atom is 0.258 e. The number of pyridine rings is 1. The average molecular weight is 389 g/mol. The average Bonchev–Trinajstić information content (AvgIpc) is 2.73. The second kappa shape index (κ2) is 7.84. The van der Waals surface area contributed by atoms with Crippen LogP contribution in [0.3, 0.4) is 0 Å². The van der Waals surface area contributed by atoms with Crippen LogP contribution in [0.2, 0.25) is 0 Å². The Morgan fingerprint density at radius 3 is 2.55 bits per heavy atom. The van der Waals surface area contributed by atoms with E-state index < -0.39 is 0 Å². The van der Waals surface area contributed by atoms with E-state index >= 15 is 0 Å². The van der Waals surface area contributed by atoms with E-state index in [4.69, 9.17) is 9.72 Å². The van der Waals surface area contributed by atoms with Crippen LogP contribution in [0.25, 0.3) is 22.5 Å². The summed E-state index contributed by atoms with van der Waals surface area (Å²) in [5, 5.41) is 0. The molecular formula is C24H27N3O2. The molecule has 0 atom stereocenters. The number of benzene rings is 1. The van der Waals surface area contributed by atoms with Gasteiger partial charge in [0.1, 0.15) is 11.4 Å². The molecule has 1 aliphatic rings. The quantitative estimate of drug-likeness (QED) is 0.672. The lowest BCUT2D eigenvalue weighted by Crippen LogP contribution is -2.34. The molecule has 3 heterocycles. The van der Waals surface area contributed by atoms with Crippen molar-refractivity contribution in [1.29, 1.82) is 0 Å². The zero-order chi connectivity index (χ0) is 20.5. The SMILES string of the molecule is COc1ccc(-c2cc(=O)n3cc(C4=CCN(C(C)C)CC4)ccc3n2)cc1C. The molecule has 0 bridgehead atoms. The van der Waals surface area contributed by atoms with Gasteiger partial charge in [-0.3, -0.25) is 14.1 Å². The number of nitrogens with zero attached hydrogens (tertiary/aromatic N) is 3. The molecule has 1 aliphatic heterocycles. The minimum absolute atomic E-state index is 0.0689. The second-order valence-electron chi connectivity index (χ2n) is 7.88. The molecule has 0 spiro atoms. The highest BCUT2D eigenvalue weighted by Crippen LogP contribution is 2.26. The Morgan fingerprint density at radius 1 is 1.10 bits per heavy atom. The summed E-state index contributed by atoms with van der Waals surface area (Å²) in [6.45, 7) is 8.43. The third kappa shape index (κ3) is 3.83. The van der Waals surface area contributed by atoms with Gasteiger partial charge in [-0.1, -0.05) is 6.08 Å². The van der Waals surface area contributed by atoms with Gasteiger partial charge in [0.2, 0.25) is 0 Å². The number of hydrogen-bond donors (Lipinski definition) is 0. The fourth-order valence-corrected chi connectivity index (χ4v) is 3.89. The topological polar surface area (TPSA) is 46.8 Å². The summed E-state index contributed by atoms with van der Waals surface area (Å²) in [6.07, 6.45) is 5.19. The molecule has 4 rings (SSSR count). The van der Waals surface area contributed by atoms with E-state index in [1.54, 1.807) is 17.6 Å². The van der Waals surface area contributed by atoms with Crippen LogP contribution in [0.5, 0.6) is 5.75 Å². The maximum absolute atomic E-state index is 12.8. The van der Waals surface area contributed by atoms with Crippen LogP contribution in [-0.2, 0) is 0 Å². The fourth-order valence-electron chi connectivity index (χ4n) is 3.89. The lowest BCUT2D eigenvalue weighted by molar-refractivity contribution is 0.245. The summed E-state index contributed by atoms with van der Waals surface area (Å²) in [7, 11) is 1.66. The molecule has 0 radical (unpaired) electrons. The minimum atomic E-state index is -0.0689. The van der Waals surface area contributed by atoms with E-state index in [1.165, 1.54) is 5.57 Å². The van der Waals surface area contributed by atoms with Crippen LogP contribution in [0.15, 0.2) is 53.5 Å². The Balaban J connectivity index is 1.69. The molecule has 3 aromatic rings. The molecule has 5 heteroatoms. The van der Waals surface area contributed by atoms with E-state index in [0.29, 0.717) is 17.4 Å². The summed E-state index contributed by atoms with van der Waals surface area (Å²) >= 11 is 0. The monoisotopic (exact) mass is 389 g/mol. The van der Waals surface area contributed by atoms with Crippen molar-refractivity contribution in [3.63, 3.8) is 0 Å². The Kier molecular flexibility index (Phi) is 5.24. The highest BCUT2D eigenvalue weighted by Gasteiger charge is 2.16. The first kappa shape index (κ1) is 19.4. The van der Waals surface area contributed by atoms with E-state index in [9.17, 15) is 4.79 Å². The van der Waals surface area contributed by atoms with Gasteiger partial charge in [-0.15, -0.1) is 0 Å². The van der Waals surface area contributed by atoms with Crippen molar-refractivity contribution in [2.24, 2.45) is 0 Å². The largest absolute Gasteiger partial charge is 0.496 e. The summed E-state index contributed by atoms with van der Waals surface area (Å²) in [4.78, 5) is 20.0. The van der Waals surface area contributed by atoms with Gasteiger partial charge in [0.05, 0.1) is 12.8 Å². The summed E-state index contributed by atoms with van der Waals surface area (Å²) in [5.41, 5.74) is 5.59. The fraction of sp³-hybridized carbons (Fsp3) is 0.333. The third-order valence-corrected chi connectivity index (χ3v) is 5.69. The van der Waals surface area contributed by atoms with E-state index in [2.05, 4.69) is 30.9 Å². The lowest BCUT2D eigenvalue weighted by atomic mass is 10.0. The Labute approximate surface area is 171 Å². The van der Waals surface area contributed by atoms with E-state index in [0.717, 1.165) is 42.0 Å². The molecule has 0 fully saturated rings. The van der Waals surface area contributed by atoms with Crippen LogP contribution in [0, 0.1) is 6.92 Å². The summed E-state index contributed by atoms with van der Waals surface area (Å²) < 4.78 is 6.97. The molecule has 0 amide bonds. The van der Waals surface area contributed by atoms with Crippen molar-refractivity contribution in [2.45, 2.75) is 33.2 Å². The van der Waals surface area contributed by atoms with Crippen LogP contribution in [0.4, 0.5) is 0 Å². The number of aromatic nitrogens is 2.